The van der Waals surface area contributed by atoms with Gasteiger partial charge in [-0.05, 0) is 140 Å². The van der Waals surface area contributed by atoms with Gasteiger partial charge in [-0.2, -0.15) is 4.57 Å². The van der Waals surface area contributed by atoms with Gasteiger partial charge in [-0.15, -0.1) is 0 Å². The van der Waals surface area contributed by atoms with E-state index in [-0.39, 0.29) is 118 Å². The summed E-state index contributed by atoms with van der Waals surface area (Å²) < 4.78 is 1.64. The molecule has 6 aliphatic heterocycles. The Morgan fingerprint density at radius 2 is 0.420 bits per heavy atom. The largest absolute Gasteiger partial charge is 0.358 e. The Labute approximate surface area is 640 Å². The molecule has 18 rings (SSSR count). The molecule has 0 N–H and O–H groups in total. The van der Waals surface area contributed by atoms with Gasteiger partial charge in [0.15, 0.2) is 6.20 Å². The Bertz CT molecular complexity index is 5590. The zero-order valence-corrected chi connectivity index (χ0v) is 59.0. The molecular formula is C88H61N12O12-. The van der Waals surface area contributed by atoms with E-state index in [2.05, 4.69) is 24.9 Å². The summed E-state index contributed by atoms with van der Waals surface area (Å²) in [6.45, 7) is 0. The molecule has 24 nitrogen and oxygen atoms in total. The van der Waals surface area contributed by atoms with E-state index in [1.54, 1.807) is 242 Å². The van der Waals surface area contributed by atoms with E-state index in [9.17, 15) is 57.5 Å². The number of hydrogen-bond donors (Lipinski definition) is 0. The molecule has 0 fully saturated rings. The molecule has 0 unspecified atom stereocenters. The second-order valence-corrected chi connectivity index (χ2v) is 24.8. The summed E-state index contributed by atoms with van der Waals surface area (Å²) in [6.07, 6.45) is 9.08. The molecule has 6 amide bonds. The van der Waals surface area contributed by atoms with Crippen molar-refractivity contribution in [3.63, 3.8) is 0 Å². The standard InChI is InChI=1S/C29H19N4O4.2C28H16N4O4.CH4.2CH3/c1-31-17-9-7-15-23(31)29(37)33-22-14-5-3-11-19(22)27(35)25(33)24-26(34)18-10-2-4-13-21(18)32(24)28(36)20-12-6-8-16-30-20;2*33-25-17-9-1-3-13-21(17)31(27(35)19-11-5-7-15-29-19)23(25)24-26(34)18-10-2-4-14-22(18)32(24)28(36)20-12-6-8-16-30-20;;;/h2-17H,1H3;2*1-16H;1H4;2*1H3/q+1;;;;2*-1/b25-24+;2*24-23+;;;. The fourth-order valence-electron chi connectivity index (χ4n) is 13.7. The van der Waals surface area contributed by atoms with E-state index in [0.29, 0.717) is 39.8 Å². The smallest absolute Gasteiger partial charge is 0.327 e. The highest BCUT2D eigenvalue weighted by atomic mass is 16.2. The van der Waals surface area contributed by atoms with Crippen LogP contribution in [0.5, 0.6) is 0 Å². The van der Waals surface area contributed by atoms with E-state index < -0.39 is 70.1 Å². The molecule has 12 aromatic rings. The molecule has 0 aliphatic carbocycles. The van der Waals surface area contributed by atoms with Crippen molar-refractivity contribution >= 4 is 104 Å². The summed E-state index contributed by atoms with van der Waals surface area (Å²) >= 11 is 0. The summed E-state index contributed by atoms with van der Waals surface area (Å²) in [6, 6.07) is 69.0. The number of pyridine rings is 6. The number of aromatic nitrogens is 6. The lowest BCUT2D eigenvalue weighted by molar-refractivity contribution is -0.673. The van der Waals surface area contributed by atoms with E-state index >= 15 is 0 Å². The van der Waals surface area contributed by atoms with Crippen LogP contribution in [0.15, 0.2) is 326 Å². The van der Waals surface area contributed by atoms with Gasteiger partial charge in [0, 0.05) is 76.5 Å². The van der Waals surface area contributed by atoms with Crippen LogP contribution >= 0.6 is 0 Å². The lowest BCUT2D eigenvalue weighted by atomic mass is 10.1. The van der Waals surface area contributed by atoms with Crippen molar-refractivity contribution in [2.24, 2.45) is 7.05 Å². The van der Waals surface area contributed by atoms with Crippen LogP contribution in [0.4, 0.5) is 34.1 Å². The lowest BCUT2D eigenvalue weighted by Crippen LogP contribution is -2.43. The van der Waals surface area contributed by atoms with E-state index in [1.807, 2.05) is 0 Å². The second-order valence-electron chi connectivity index (χ2n) is 24.8. The number of hydrogen-bond acceptors (Lipinski definition) is 17. The minimum absolute atomic E-state index is 0. The topological polar surface area (TPSA) is 293 Å². The number of nitrogens with zero attached hydrogens (tertiary/aromatic N) is 12. The number of Topliss-reactive ketones (excluding diaryl/α,β-unsaturated/α-hetero) is 6. The molecule has 6 aromatic carbocycles. The molecule has 0 bridgehead atoms. The van der Waals surface area contributed by atoms with Gasteiger partial charge in [0.2, 0.25) is 34.7 Å². The average Bonchev–Trinajstić information content (AvgIpc) is 1.58. The molecule has 0 saturated carbocycles. The first-order chi connectivity index (χ1) is 53.1. The number of aryl methyl sites for hydroxylation is 1. The van der Waals surface area contributed by atoms with E-state index in [4.69, 9.17) is 0 Å². The van der Waals surface area contributed by atoms with Gasteiger partial charge in [-0.1, -0.05) is 111 Å². The first-order valence-corrected chi connectivity index (χ1v) is 33.8. The fraction of sp³-hybridized carbons (Fsp3) is 0.0227. The molecular weight excluding hydrogens is 1420 g/mol. The molecule has 6 aromatic heterocycles. The first kappa shape index (κ1) is 74.5. The number of fused-ring (bicyclic) bond motifs is 6. The predicted octanol–water partition coefficient (Wildman–Crippen LogP) is 13.2. The van der Waals surface area contributed by atoms with Crippen LogP contribution < -0.4 is 34.0 Å². The van der Waals surface area contributed by atoms with Crippen LogP contribution in [0.3, 0.4) is 0 Å². The van der Waals surface area contributed by atoms with Crippen molar-refractivity contribution in [3.05, 3.63) is 409 Å². The van der Waals surface area contributed by atoms with Crippen molar-refractivity contribution in [2.75, 3.05) is 29.4 Å². The highest BCUT2D eigenvalue weighted by molar-refractivity contribution is 6.39. The Kier molecular flexibility index (Phi) is 20.4. The maximum atomic E-state index is 14.0. The highest BCUT2D eigenvalue weighted by Gasteiger charge is 2.51. The van der Waals surface area contributed by atoms with Gasteiger partial charge in [0.05, 0.1) is 34.1 Å². The Morgan fingerprint density at radius 1 is 0.241 bits per heavy atom. The normalized spacial score (nSPS) is 15.8. The van der Waals surface area contributed by atoms with Crippen LogP contribution in [0, 0.1) is 14.9 Å². The number of allylic oxidation sites excluding steroid dienone is 6. The van der Waals surface area contributed by atoms with E-state index in [0.717, 1.165) is 0 Å². The molecule has 0 radical (unpaired) electrons. The number of anilines is 6. The second kappa shape index (κ2) is 30.6. The van der Waals surface area contributed by atoms with Crippen LogP contribution in [0.25, 0.3) is 0 Å². The zero-order chi connectivity index (χ0) is 75.3. The predicted molar refractivity (Wildman–Crippen MR) is 415 cm³/mol. The number of para-hydroxylation sites is 6. The van der Waals surface area contributed by atoms with Gasteiger partial charge in [-0.3, -0.25) is 112 Å². The molecule has 0 saturated heterocycles. The van der Waals surface area contributed by atoms with Crippen molar-refractivity contribution in [1.29, 1.82) is 0 Å². The molecule has 0 spiro atoms. The van der Waals surface area contributed by atoms with E-state index in [1.165, 1.54) is 90.7 Å². The van der Waals surface area contributed by atoms with Gasteiger partial charge in [0.25, 0.3) is 35.2 Å². The highest BCUT2D eigenvalue weighted by Crippen LogP contribution is 2.48. The monoisotopic (exact) mass is 1480 g/mol. The van der Waals surface area contributed by atoms with Crippen LogP contribution in [-0.2, 0) is 7.05 Å². The number of carbonyl (C=O) groups excluding carboxylic acids is 12. The Morgan fingerprint density at radius 3 is 0.607 bits per heavy atom. The third-order valence-corrected chi connectivity index (χ3v) is 18.6. The zero-order valence-electron chi connectivity index (χ0n) is 59.0. The summed E-state index contributed by atoms with van der Waals surface area (Å²) in [5.41, 5.74) is 3.08. The quantitative estimate of drug-likeness (QED) is 0.0849. The molecule has 12 heterocycles. The first-order valence-electron chi connectivity index (χ1n) is 33.8. The third kappa shape index (κ3) is 12.4. The summed E-state index contributed by atoms with van der Waals surface area (Å²) in [4.78, 5) is 193. The van der Waals surface area contributed by atoms with Crippen molar-refractivity contribution in [2.45, 2.75) is 7.43 Å². The maximum absolute atomic E-state index is 14.0. The molecule has 6 aliphatic rings. The maximum Gasteiger partial charge on any atom is 0.327 e. The molecule has 112 heavy (non-hydrogen) atoms. The number of amides is 6. The molecule has 0 atom stereocenters. The van der Waals surface area contributed by atoms with Crippen LogP contribution in [0.2, 0.25) is 0 Å². The minimum Gasteiger partial charge on any atom is -0.358 e. The lowest BCUT2D eigenvalue weighted by Gasteiger charge is -2.24. The van der Waals surface area contributed by atoms with Gasteiger partial charge >= 0.3 is 5.91 Å². The average molecular weight is 1480 g/mol. The van der Waals surface area contributed by atoms with Crippen LogP contribution in [0.1, 0.15) is 133 Å². The molecule has 24 heteroatoms. The third-order valence-electron chi connectivity index (χ3n) is 18.6. The van der Waals surface area contributed by atoms with Gasteiger partial charge in [-0.25, -0.2) is 0 Å². The van der Waals surface area contributed by atoms with Crippen molar-refractivity contribution < 1.29 is 62.1 Å². The molecule has 546 valence electrons. The Hall–Kier alpha value is -15.7. The summed E-state index contributed by atoms with van der Waals surface area (Å²) in [5, 5.41) is 0. The van der Waals surface area contributed by atoms with Crippen LogP contribution in [-0.4, -0.2) is 95.1 Å². The SMILES string of the molecule is C.C[n+]1ccccc1C(=O)N1/C(=C2\C(=O)c3ccccc3N2C(=O)c2ccccn2)C(=O)c2ccccc21.O=C1/C(=C2/C(=O)c3ccccc3N2C(=O)c2ccccn2)N(C(=O)c2ccccn2)c2ccccc21.O=C1/C(=C2/C(=O)c3ccccc3N2C(=O)c2ccccn2)N(C(=O)c2ccccn2)c2ccccc21.[CH3-].[CH3-]. The van der Waals surface area contributed by atoms with Gasteiger partial charge in [0.1, 0.15) is 69.7 Å². The van der Waals surface area contributed by atoms with Crippen molar-refractivity contribution in [1.82, 2.24) is 24.9 Å². The number of carbonyl (C=O) groups is 12. The number of rotatable bonds is 6. The van der Waals surface area contributed by atoms with Gasteiger partial charge < -0.3 is 14.9 Å². The number of ketones is 6. The van der Waals surface area contributed by atoms with Crippen molar-refractivity contribution in [3.8, 4) is 0 Å². The fourth-order valence-corrected chi connectivity index (χ4v) is 13.7. The number of benzene rings is 6. The summed E-state index contributed by atoms with van der Waals surface area (Å²) in [5.74, 6) is -6.64. The summed E-state index contributed by atoms with van der Waals surface area (Å²) in [7, 11) is 1.72. The minimum atomic E-state index is -0.592. The Balaban J connectivity index is 0.000000145.